The Balaban J connectivity index is 1.65. The van der Waals surface area contributed by atoms with Crippen LogP contribution in [0.5, 0.6) is 5.75 Å². The van der Waals surface area contributed by atoms with Crippen molar-refractivity contribution in [1.82, 2.24) is 5.32 Å². The van der Waals surface area contributed by atoms with Crippen molar-refractivity contribution in [3.63, 3.8) is 0 Å². The summed E-state index contributed by atoms with van der Waals surface area (Å²) in [4.78, 5) is 23.9. The molecule has 2 aliphatic rings. The van der Waals surface area contributed by atoms with E-state index in [-0.39, 0.29) is 11.3 Å². The minimum atomic E-state index is -1.79. The molecule has 0 bridgehead atoms. The van der Waals surface area contributed by atoms with E-state index in [2.05, 4.69) is 5.32 Å². The number of ether oxygens (including phenoxy) is 4. The standard InChI is InChI=1S/C24H31NO13/c1-9-5-16(29)35-13-6-11(3-4-12(9)13)34-23-17(25-10(2)28)22(19(31)15(8-27)36-23)38-24-21(33)20(32)18(30)14(7-26)37-24/h3-6,14-15,17-24,26-27,30-33H,7-8H2,1-2H3,(H,25,28)/t14-,15-,17+,18+,19+,20+,21-,22-,23+,24+/m1/s1. The van der Waals surface area contributed by atoms with Crippen molar-refractivity contribution in [3.8, 4) is 5.75 Å². The van der Waals surface area contributed by atoms with Crippen LogP contribution in [0.2, 0.25) is 0 Å². The molecule has 14 heteroatoms. The minimum Gasteiger partial charge on any atom is -0.462 e. The van der Waals surface area contributed by atoms with Gasteiger partial charge in [0.05, 0.1) is 13.2 Å². The van der Waals surface area contributed by atoms with Crippen LogP contribution in [-0.4, -0.2) is 111 Å². The topological polar surface area (TPSA) is 218 Å². The van der Waals surface area contributed by atoms with Crippen molar-refractivity contribution in [2.75, 3.05) is 13.2 Å². The second kappa shape index (κ2) is 11.6. The fraction of sp³-hybridized carbons (Fsp3) is 0.583. The first-order chi connectivity index (χ1) is 18.0. The number of rotatable bonds is 7. The molecule has 0 spiro atoms. The predicted molar refractivity (Wildman–Crippen MR) is 126 cm³/mol. The highest BCUT2D eigenvalue weighted by Gasteiger charge is 2.52. The van der Waals surface area contributed by atoms with Gasteiger partial charge in [-0.05, 0) is 24.6 Å². The lowest BCUT2D eigenvalue weighted by Gasteiger charge is -2.47. The summed E-state index contributed by atoms with van der Waals surface area (Å²) in [7, 11) is 0. The second-order valence-electron chi connectivity index (χ2n) is 9.26. The molecule has 1 aromatic heterocycles. The molecule has 210 valence electrons. The molecule has 38 heavy (non-hydrogen) atoms. The molecule has 4 rings (SSSR count). The van der Waals surface area contributed by atoms with Crippen LogP contribution in [-0.2, 0) is 19.0 Å². The van der Waals surface area contributed by atoms with Crippen LogP contribution in [0.25, 0.3) is 11.0 Å². The van der Waals surface area contributed by atoms with E-state index in [1.165, 1.54) is 19.1 Å². The zero-order chi connectivity index (χ0) is 27.7. The number of hydrogen-bond acceptors (Lipinski definition) is 13. The van der Waals surface area contributed by atoms with Gasteiger partial charge < -0.3 is 59.3 Å². The van der Waals surface area contributed by atoms with Crippen molar-refractivity contribution >= 4 is 16.9 Å². The van der Waals surface area contributed by atoms with Gasteiger partial charge in [0, 0.05) is 24.4 Å². The van der Waals surface area contributed by atoms with Crippen LogP contribution in [0, 0.1) is 6.92 Å². The lowest BCUT2D eigenvalue weighted by molar-refractivity contribution is -0.339. The maximum atomic E-state index is 12.1. The van der Waals surface area contributed by atoms with Crippen molar-refractivity contribution < 1.29 is 58.8 Å². The molecule has 2 saturated heterocycles. The molecule has 0 unspecified atom stereocenters. The van der Waals surface area contributed by atoms with Gasteiger partial charge in [-0.3, -0.25) is 4.79 Å². The van der Waals surface area contributed by atoms with Crippen molar-refractivity contribution in [3.05, 3.63) is 40.2 Å². The molecule has 1 amide bonds. The number of benzene rings is 1. The normalized spacial score (nSPS) is 35.7. The number of aliphatic hydroxyl groups excluding tert-OH is 6. The van der Waals surface area contributed by atoms with Crippen molar-refractivity contribution in [2.24, 2.45) is 0 Å². The summed E-state index contributed by atoms with van der Waals surface area (Å²) >= 11 is 0. The average Bonchev–Trinajstić information content (AvgIpc) is 2.87. The molecule has 3 heterocycles. The van der Waals surface area contributed by atoms with Gasteiger partial charge in [0.2, 0.25) is 12.2 Å². The fourth-order valence-corrected chi connectivity index (χ4v) is 4.57. The van der Waals surface area contributed by atoms with Gasteiger partial charge in [0.1, 0.15) is 60.1 Å². The van der Waals surface area contributed by atoms with Crippen LogP contribution >= 0.6 is 0 Å². The Morgan fingerprint density at radius 1 is 0.947 bits per heavy atom. The number of aryl methyl sites for hydroxylation is 1. The summed E-state index contributed by atoms with van der Waals surface area (Å²) < 4.78 is 28.0. The first-order valence-electron chi connectivity index (χ1n) is 11.9. The van der Waals surface area contributed by atoms with Crippen LogP contribution in [0.15, 0.2) is 33.5 Å². The molecule has 7 N–H and O–H groups in total. The summed E-state index contributed by atoms with van der Waals surface area (Å²) in [6.45, 7) is 1.54. The Morgan fingerprint density at radius 3 is 2.26 bits per heavy atom. The van der Waals surface area contributed by atoms with Gasteiger partial charge in [0.25, 0.3) is 0 Å². The van der Waals surface area contributed by atoms with E-state index in [9.17, 15) is 40.2 Å². The third kappa shape index (κ3) is 5.68. The third-order valence-corrected chi connectivity index (χ3v) is 6.54. The quantitative estimate of drug-likeness (QED) is 0.177. The Kier molecular flexibility index (Phi) is 8.66. The zero-order valence-corrected chi connectivity index (χ0v) is 20.5. The highest BCUT2D eigenvalue weighted by molar-refractivity contribution is 5.81. The SMILES string of the molecule is CC(=O)N[C@@H]1[C@@H](Oc2ccc3c(C)cc(=O)oc3c2)O[C@H](CO)[C@H](O)[C@@H]1O[C@@H]1O[C@H](CO)[C@H](O)[C@H](O)[C@H]1O. The predicted octanol–water partition coefficient (Wildman–Crippen LogP) is -2.75. The molecule has 0 saturated carbocycles. The number of aliphatic hydroxyl groups is 6. The first kappa shape index (κ1) is 28.4. The number of carbonyl (C=O) groups excluding carboxylic acids is 1. The fourth-order valence-electron chi connectivity index (χ4n) is 4.57. The monoisotopic (exact) mass is 541 g/mol. The third-order valence-electron chi connectivity index (χ3n) is 6.54. The van der Waals surface area contributed by atoms with E-state index >= 15 is 0 Å². The Labute approximate surface area is 215 Å². The first-order valence-corrected chi connectivity index (χ1v) is 11.9. The maximum Gasteiger partial charge on any atom is 0.336 e. The molecule has 1 aromatic carbocycles. The molecule has 0 radical (unpaired) electrons. The van der Waals surface area contributed by atoms with Crippen LogP contribution in [0.4, 0.5) is 0 Å². The van der Waals surface area contributed by atoms with E-state index in [0.717, 1.165) is 0 Å². The zero-order valence-electron chi connectivity index (χ0n) is 20.5. The lowest BCUT2D eigenvalue weighted by atomic mass is 9.95. The van der Waals surface area contributed by atoms with Crippen LogP contribution in [0.1, 0.15) is 12.5 Å². The van der Waals surface area contributed by atoms with Gasteiger partial charge in [-0.15, -0.1) is 0 Å². The molecular weight excluding hydrogens is 510 g/mol. The van der Waals surface area contributed by atoms with E-state index in [0.29, 0.717) is 10.9 Å². The van der Waals surface area contributed by atoms with Crippen LogP contribution < -0.4 is 15.7 Å². The molecule has 2 fully saturated rings. The number of amides is 1. The lowest BCUT2D eigenvalue weighted by Crippen LogP contribution is -2.68. The van der Waals surface area contributed by atoms with Gasteiger partial charge in [-0.25, -0.2) is 4.79 Å². The highest BCUT2D eigenvalue weighted by Crippen LogP contribution is 2.31. The van der Waals surface area contributed by atoms with Crippen molar-refractivity contribution in [1.29, 1.82) is 0 Å². The average molecular weight is 542 g/mol. The second-order valence-corrected chi connectivity index (χ2v) is 9.26. The Hall–Kier alpha value is -2.66. The van der Waals surface area contributed by atoms with E-state index in [1.807, 2.05) is 0 Å². The van der Waals surface area contributed by atoms with Gasteiger partial charge in [0.15, 0.2) is 6.29 Å². The summed E-state index contributed by atoms with van der Waals surface area (Å²) in [5.41, 5.74) is 0.352. The maximum absolute atomic E-state index is 12.1. The van der Waals surface area contributed by atoms with Gasteiger partial charge >= 0.3 is 5.63 Å². The molecule has 2 aliphatic heterocycles. The van der Waals surface area contributed by atoms with Gasteiger partial charge in [-0.2, -0.15) is 0 Å². The van der Waals surface area contributed by atoms with Gasteiger partial charge in [-0.1, -0.05) is 0 Å². The minimum absolute atomic E-state index is 0.159. The molecular formula is C24H31NO13. The number of hydrogen-bond donors (Lipinski definition) is 7. The summed E-state index contributed by atoms with van der Waals surface area (Å²) in [5.74, 6) is -0.407. The smallest absolute Gasteiger partial charge is 0.336 e. The molecule has 14 nitrogen and oxygen atoms in total. The van der Waals surface area contributed by atoms with E-state index in [4.69, 9.17) is 23.4 Å². The summed E-state index contributed by atoms with van der Waals surface area (Å²) in [6.07, 6.45) is -13.8. The largest absolute Gasteiger partial charge is 0.462 e. The summed E-state index contributed by atoms with van der Waals surface area (Å²) in [5, 5.41) is 64.0. The highest BCUT2D eigenvalue weighted by atomic mass is 16.7. The van der Waals surface area contributed by atoms with Crippen LogP contribution in [0.3, 0.4) is 0 Å². The molecule has 10 atom stereocenters. The number of fused-ring (bicyclic) bond motifs is 1. The Morgan fingerprint density at radius 2 is 1.61 bits per heavy atom. The van der Waals surface area contributed by atoms with Crippen molar-refractivity contribution in [2.45, 2.75) is 75.2 Å². The Bertz CT molecular complexity index is 1190. The van der Waals surface area contributed by atoms with E-state index in [1.54, 1.807) is 19.1 Å². The molecule has 0 aliphatic carbocycles. The number of nitrogens with one attached hydrogen (secondary N) is 1. The number of carbonyl (C=O) groups is 1. The summed E-state index contributed by atoms with van der Waals surface area (Å²) in [6, 6.07) is 4.74. The molecule has 2 aromatic rings. The van der Waals surface area contributed by atoms with E-state index < -0.39 is 86.1 Å².